The molecule has 1 saturated heterocycles. The summed E-state index contributed by atoms with van der Waals surface area (Å²) in [7, 11) is 0. The summed E-state index contributed by atoms with van der Waals surface area (Å²) in [5.41, 5.74) is 3.63. The topological polar surface area (TPSA) is 34.1 Å². The largest absolute Gasteiger partial charge is 0.456 e. The Morgan fingerprint density at radius 1 is 1.05 bits per heavy atom. The lowest BCUT2D eigenvalue weighted by Crippen LogP contribution is -2.12. The van der Waals surface area contributed by atoms with Crippen molar-refractivity contribution < 1.29 is 4.74 Å². The van der Waals surface area contributed by atoms with Gasteiger partial charge in [-0.05, 0) is 68.1 Å². The van der Waals surface area contributed by atoms with Gasteiger partial charge in [0, 0.05) is 12.2 Å². The number of benzene rings is 1. The number of hydrogen-bond acceptors (Lipinski definition) is 3. The molecule has 3 nitrogen and oxygen atoms in total. The lowest BCUT2D eigenvalue weighted by molar-refractivity contribution is 0.477. The first kappa shape index (κ1) is 13.1. The lowest BCUT2D eigenvalue weighted by Gasteiger charge is -2.12. The minimum absolute atomic E-state index is 0.422. The SMILES string of the molecule is Cc1cc(C)cc(Oc2cncc(C3CCCN3)c2)c1. The molecule has 0 bridgehead atoms. The van der Waals surface area contributed by atoms with Crippen molar-refractivity contribution in [3.8, 4) is 11.5 Å². The Kier molecular flexibility index (Phi) is 3.70. The third kappa shape index (κ3) is 2.99. The molecule has 2 aromatic rings. The van der Waals surface area contributed by atoms with Crippen molar-refractivity contribution in [2.75, 3.05) is 6.54 Å². The van der Waals surface area contributed by atoms with Gasteiger partial charge in [-0.15, -0.1) is 0 Å². The van der Waals surface area contributed by atoms with Gasteiger partial charge in [0.2, 0.25) is 0 Å². The van der Waals surface area contributed by atoms with Crippen molar-refractivity contribution in [1.82, 2.24) is 10.3 Å². The molecule has 104 valence electrons. The molecule has 0 radical (unpaired) electrons. The number of ether oxygens (including phenoxy) is 1. The predicted molar refractivity (Wildman–Crippen MR) is 80.2 cm³/mol. The second kappa shape index (κ2) is 5.63. The molecule has 0 aliphatic carbocycles. The first-order valence-corrected chi connectivity index (χ1v) is 7.15. The molecule has 1 aliphatic rings. The molecular formula is C17H20N2O. The van der Waals surface area contributed by atoms with Gasteiger partial charge in [-0.25, -0.2) is 0 Å². The fourth-order valence-electron chi connectivity index (χ4n) is 2.78. The summed E-state index contributed by atoms with van der Waals surface area (Å²) in [6.07, 6.45) is 6.11. The van der Waals surface area contributed by atoms with Crippen LogP contribution >= 0.6 is 0 Å². The van der Waals surface area contributed by atoms with Crippen LogP contribution in [-0.4, -0.2) is 11.5 Å². The monoisotopic (exact) mass is 268 g/mol. The van der Waals surface area contributed by atoms with Crippen LogP contribution in [0.15, 0.2) is 36.7 Å². The molecule has 1 unspecified atom stereocenters. The zero-order valence-corrected chi connectivity index (χ0v) is 12.0. The van der Waals surface area contributed by atoms with E-state index in [0.29, 0.717) is 6.04 Å². The lowest BCUT2D eigenvalue weighted by atomic mass is 10.1. The Labute approximate surface area is 120 Å². The Hall–Kier alpha value is -1.87. The molecule has 2 heterocycles. The van der Waals surface area contributed by atoms with Crippen LogP contribution in [0.1, 0.15) is 35.6 Å². The van der Waals surface area contributed by atoms with Crippen molar-refractivity contribution in [2.24, 2.45) is 0 Å². The highest BCUT2D eigenvalue weighted by Crippen LogP contribution is 2.28. The maximum atomic E-state index is 5.95. The molecule has 3 rings (SSSR count). The van der Waals surface area contributed by atoms with Gasteiger partial charge in [0.05, 0.1) is 6.20 Å². The van der Waals surface area contributed by atoms with E-state index in [1.54, 1.807) is 6.20 Å². The van der Waals surface area contributed by atoms with Gasteiger partial charge in [0.25, 0.3) is 0 Å². The van der Waals surface area contributed by atoms with Crippen LogP contribution in [0.5, 0.6) is 11.5 Å². The second-order valence-electron chi connectivity index (χ2n) is 5.53. The predicted octanol–water partition coefficient (Wildman–Crippen LogP) is 3.92. The number of pyridine rings is 1. The number of aryl methyl sites for hydroxylation is 2. The van der Waals surface area contributed by atoms with E-state index in [-0.39, 0.29) is 0 Å². The van der Waals surface area contributed by atoms with Gasteiger partial charge in [-0.1, -0.05) is 6.07 Å². The van der Waals surface area contributed by atoms with Crippen LogP contribution in [-0.2, 0) is 0 Å². The molecule has 0 amide bonds. The number of hydrogen-bond donors (Lipinski definition) is 1. The van der Waals surface area contributed by atoms with Crippen molar-refractivity contribution in [1.29, 1.82) is 0 Å². The molecule has 3 heteroatoms. The molecule has 0 spiro atoms. The average Bonchev–Trinajstić information content (AvgIpc) is 2.91. The highest BCUT2D eigenvalue weighted by atomic mass is 16.5. The van der Waals surface area contributed by atoms with Crippen molar-refractivity contribution in [3.63, 3.8) is 0 Å². The van der Waals surface area contributed by atoms with Gasteiger partial charge >= 0.3 is 0 Å². The van der Waals surface area contributed by atoms with E-state index in [2.05, 4.69) is 36.3 Å². The summed E-state index contributed by atoms with van der Waals surface area (Å²) in [4.78, 5) is 4.31. The Bertz CT molecular complexity index is 583. The summed E-state index contributed by atoms with van der Waals surface area (Å²) in [6, 6.07) is 8.75. The Balaban J connectivity index is 1.81. The molecule has 20 heavy (non-hydrogen) atoms. The smallest absolute Gasteiger partial charge is 0.146 e. The third-order valence-corrected chi connectivity index (χ3v) is 3.63. The summed E-state index contributed by atoms with van der Waals surface area (Å²) in [5, 5.41) is 3.49. The van der Waals surface area contributed by atoms with Crippen LogP contribution in [0, 0.1) is 13.8 Å². The summed E-state index contributed by atoms with van der Waals surface area (Å²) in [5.74, 6) is 1.68. The maximum Gasteiger partial charge on any atom is 0.146 e. The second-order valence-corrected chi connectivity index (χ2v) is 5.53. The number of nitrogens with one attached hydrogen (secondary N) is 1. The zero-order valence-electron chi connectivity index (χ0n) is 12.0. The van der Waals surface area contributed by atoms with Gasteiger partial charge < -0.3 is 10.1 Å². The standard InChI is InChI=1S/C17H20N2O/c1-12-6-13(2)8-15(7-12)20-16-9-14(10-18-11-16)17-4-3-5-19-17/h6-11,17,19H,3-5H2,1-2H3. The number of aromatic nitrogens is 1. The van der Waals surface area contributed by atoms with Gasteiger partial charge in [-0.3, -0.25) is 4.98 Å². The van der Waals surface area contributed by atoms with Gasteiger partial charge in [0.15, 0.2) is 0 Å². The first-order valence-electron chi connectivity index (χ1n) is 7.15. The zero-order chi connectivity index (χ0) is 13.9. The molecule has 0 saturated carbocycles. The van der Waals surface area contributed by atoms with E-state index in [0.717, 1.165) is 18.0 Å². The minimum atomic E-state index is 0.422. The van der Waals surface area contributed by atoms with E-state index in [1.165, 1.54) is 29.5 Å². The molecule has 1 aromatic heterocycles. The molecule has 1 N–H and O–H groups in total. The quantitative estimate of drug-likeness (QED) is 0.916. The summed E-state index contributed by atoms with van der Waals surface area (Å²) >= 11 is 0. The molecule has 1 aliphatic heterocycles. The van der Waals surface area contributed by atoms with Crippen molar-refractivity contribution >= 4 is 0 Å². The van der Waals surface area contributed by atoms with E-state index in [1.807, 2.05) is 18.3 Å². The van der Waals surface area contributed by atoms with E-state index in [9.17, 15) is 0 Å². The van der Waals surface area contributed by atoms with Crippen LogP contribution in [0.2, 0.25) is 0 Å². The molecular weight excluding hydrogens is 248 g/mol. The first-order chi connectivity index (χ1) is 9.70. The molecule has 1 atom stereocenters. The summed E-state index contributed by atoms with van der Waals surface area (Å²) < 4.78 is 5.95. The van der Waals surface area contributed by atoms with Crippen molar-refractivity contribution in [3.05, 3.63) is 53.3 Å². The highest BCUT2D eigenvalue weighted by molar-refractivity contribution is 5.37. The Morgan fingerprint density at radius 3 is 2.55 bits per heavy atom. The number of nitrogens with zero attached hydrogens (tertiary/aromatic N) is 1. The average molecular weight is 268 g/mol. The third-order valence-electron chi connectivity index (χ3n) is 3.63. The van der Waals surface area contributed by atoms with Crippen molar-refractivity contribution in [2.45, 2.75) is 32.7 Å². The summed E-state index contributed by atoms with van der Waals surface area (Å²) in [6.45, 7) is 5.25. The fourth-order valence-corrected chi connectivity index (χ4v) is 2.78. The van der Waals surface area contributed by atoms with Crippen LogP contribution in [0.3, 0.4) is 0 Å². The highest BCUT2D eigenvalue weighted by Gasteiger charge is 2.16. The van der Waals surface area contributed by atoms with Crippen LogP contribution < -0.4 is 10.1 Å². The minimum Gasteiger partial charge on any atom is -0.456 e. The van der Waals surface area contributed by atoms with E-state index >= 15 is 0 Å². The Morgan fingerprint density at radius 2 is 1.85 bits per heavy atom. The molecule has 1 fully saturated rings. The fraction of sp³-hybridized carbons (Fsp3) is 0.353. The van der Waals surface area contributed by atoms with E-state index < -0.39 is 0 Å². The van der Waals surface area contributed by atoms with E-state index in [4.69, 9.17) is 4.74 Å². The van der Waals surface area contributed by atoms with Gasteiger partial charge in [0.1, 0.15) is 11.5 Å². The normalized spacial score (nSPS) is 18.2. The maximum absolute atomic E-state index is 5.95. The van der Waals surface area contributed by atoms with Crippen LogP contribution in [0.25, 0.3) is 0 Å². The molecule has 1 aromatic carbocycles. The van der Waals surface area contributed by atoms with Gasteiger partial charge in [-0.2, -0.15) is 0 Å². The van der Waals surface area contributed by atoms with Crippen LogP contribution in [0.4, 0.5) is 0 Å². The number of rotatable bonds is 3.